The molecule has 5 aliphatic rings. The topological polar surface area (TPSA) is 132 Å². The molecule has 0 aromatic heterocycles. The zero-order valence-corrected chi connectivity index (χ0v) is 27.4. The van der Waals surface area contributed by atoms with E-state index in [1.165, 1.54) is 0 Å². The van der Waals surface area contributed by atoms with Crippen LogP contribution in [-0.4, -0.2) is 23.9 Å². The number of fused-ring (bicyclic) bond motifs is 5. The second kappa shape index (κ2) is 11.5. The number of hydrogen-bond donors (Lipinski definition) is 0. The third-order valence-electron chi connectivity index (χ3n) is 10.4. The van der Waals surface area contributed by atoms with Crippen molar-refractivity contribution in [2.75, 3.05) is 4.90 Å². The van der Waals surface area contributed by atoms with Crippen molar-refractivity contribution in [1.29, 1.82) is 0 Å². The van der Waals surface area contributed by atoms with Gasteiger partial charge in [-0.15, -0.1) is 0 Å². The fourth-order valence-corrected chi connectivity index (χ4v) is 8.09. The minimum absolute atomic E-state index is 0.0293. The van der Waals surface area contributed by atoms with Gasteiger partial charge in [-0.2, -0.15) is 10.2 Å². The second-order valence-corrected chi connectivity index (χ2v) is 13.3. The van der Waals surface area contributed by atoms with E-state index in [1.807, 2.05) is 54.6 Å². The first kappa shape index (κ1) is 30.4. The summed E-state index contributed by atoms with van der Waals surface area (Å²) in [5.74, 6) is -1.50. The molecule has 0 saturated carbocycles. The van der Waals surface area contributed by atoms with Gasteiger partial charge in [0, 0.05) is 40.7 Å². The van der Waals surface area contributed by atoms with Crippen LogP contribution in [0.3, 0.4) is 0 Å². The second-order valence-electron chi connectivity index (χ2n) is 13.3. The van der Waals surface area contributed by atoms with Crippen LogP contribution in [0, 0.1) is 0 Å². The van der Waals surface area contributed by atoms with Gasteiger partial charge in [0.05, 0.1) is 23.7 Å². The molecule has 0 N–H and O–H groups in total. The molecule has 11 heteroatoms. The van der Waals surface area contributed by atoms with Crippen LogP contribution in [0.4, 0.5) is 16.2 Å². The van der Waals surface area contributed by atoms with Gasteiger partial charge in [0.15, 0.2) is 11.5 Å². The highest BCUT2D eigenvalue weighted by Crippen LogP contribution is 2.57. The summed E-state index contributed by atoms with van der Waals surface area (Å²) in [7, 11) is 0. The number of carbonyl (C=O) groups is 4. The lowest BCUT2D eigenvalue weighted by Gasteiger charge is -2.36. The maximum absolute atomic E-state index is 14.5. The van der Waals surface area contributed by atoms with Crippen molar-refractivity contribution in [1.82, 2.24) is 5.32 Å². The molecule has 5 aromatic rings. The van der Waals surface area contributed by atoms with Crippen LogP contribution in [0.5, 0.6) is 17.2 Å². The molecule has 5 aromatic carbocycles. The molecular formula is C41H27N2O9. The van der Waals surface area contributed by atoms with E-state index >= 15 is 0 Å². The molecule has 5 aliphatic heterocycles. The number of benzene rings is 5. The highest BCUT2D eigenvalue weighted by atomic mass is 17.2. The fraction of sp³-hybridized carbons (Fsp3) is 0.171. The lowest BCUT2D eigenvalue weighted by atomic mass is 9.79. The Kier molecular flexibility index (Phi) is 6.74. The average molecular weight is 692 g/mol. The number of nitrogens with zero attached hydrogens (tertiary/aromatic N) is 2. The zero-order chi connectivity index (χ0) is 35.1. The zero-order valence-electron chi connectivity index (χ0n) is 27.4. The highest BCUT2D eigenvalue weighted by molar-refractivity contribution is 6.12. The fourth-order valence-electron chi connectivity index (χ4n) is 8.09. The molecule has 5 heterocycles. The van der Waals surface area contributed by atoms with Crippen LogP contribution in [0.25, 0.3) is 0 Å². The molecule has 1 radical (unpaired) electrons. The number of anilines is 1. The Hall–Kier alpha value is -6.46. The van der Waals surface area contributed by atoms with Gasteiger partial charge in [-0.1, -0.05) is 72.8 Å². The summed E-state index contributed by atoms with van der Waals surface area (Å²) in [5, 5.41) is 4.36. The number of para-hydroxylation sites is 2. The molecule has 10 rings (SSSR count). The number of ether oxygens (including phenoxy) is 3. The van der Waals surface area contributed by atoms with Gasteiger partial charge in [0.2, 0.25) is 0 Å². The summed E-state index contributed by atoms with van der Waals surface area (Å²) in [5.41, 5.74) is 5.38. The molecule has 0 saturated heterocycles. The minimum Gasteiger partial charge on any atom is -0.453 e. The summed E-state index contributed by atoms with van der Waals surface area (Å²) < 4.78 is 18.1. The van der Waals surface area contributed by atoms with E-state index in [0.717, 1.165) is 22.3 Å². The Bertz CT molecular complexity index is 2400. The van der Waals surface area contributed by atoms with Crippen molar-refractivity contribution in [3.8, 4) is 17.2 Å². The van der Waals surface area contributed by atoms with Crippen LogP contribution >= 0.6 is 0 Å². The average Bonchev–Trinajstić information content (AvgIpc) is 3.72. The van der Waals surface area contributed by atoms with Crippen molar-refractivity contribution < 1.29 is 43.2 Å². The number of rotatable bonds is 4. The third-order valence-corrected chi connectivity index (χ3v) is 10.4. The van der Waals surface area contributed by atoms with Gasteiger partial charge in [-0.05, 0) is 47.4 Å². The molecule has 0 bridgehead atoms. The molecule has 255 valence electrons. The van der Waals surface area contributed by atoms with Crippen molar-refractivity contribution in [2.45, 2.75) is 43.9 Å². The lowest BCUT2D eigenvalue weighted by Crippen LogP contribution is -2.34. The Labute approximate surface area is 296 Å². The van der Waals surface area contributed by atoms with E-state index in [4.69, 9.17) is 24.0 Å². The summed E-state index contributed by atoms with van der Waals surface area (Å²) >= 11 is 0. The highest BCUT2D eigenvalue weighted by Gasteiger charge is 2.48. The summed E-state index contributed by atoms with van der Waals surface area (Å²) in [4.78, 5) is 69.1. The maximum Gasteiger partial charge on any atom is 0.439 e. The standard InChI is InChI=1S/C41H27N2O9/c44-38-25-13-5-2-12-24(25)20-43(38)36-33(30-18-21-9-1-6-14-26(21)39(45)49-30)32(27-17-22-10-3-7-15-28(22)48-40(27)46)37-35(42-41(47)50-37)34(36)31-19-23-11-4-8-16-29(23)51-52-31/h1-16,27,30-31H,17-20H2. The maximum atomic E-state index is 14.5. The first-order valence-electron chi connectivity index (χ1n) is 17.0. The van der Waals surface area contributed by atoms with Crippen molar-refractivity contribution in [3.05, 3.63) is 147 Å². The number of hydrogen-bond acceptors (Lipinski definition) is 9. The SMILES string of the molecule is O=C1[N]c2c(c(C3Cc4ccccc4OC3=O)c(C3Cc4ccccc4C(=O)O3)c(N3Cc4ccccc4C3=O)c2C2Cc3ccccc3OO2)O1. The Morgan fingerprint density at radius 3 is 2.06 bits per heavy atom. The van der Waals surface area contributed by atoms with E-state index in [1.54, 1.807) is 47.4 Å². The Morgan fingerprint density at radius 1 is 0.615 bits per heavy atom. The molecule has 0 aliphatic carbocycles. The van der Waals surface area contributed by atoms with Gasteiger partial charge in [-0.25, -0.2) is 9.59 Å². The van der Waals surface area contributed by atoms with Crippen LogP contribution in [0.1, 0.15) is 77.8 Å². The van der Waals surface area contributed by atoms with E-state index in [9.17, 15) is 19.2 Å². The molecule has 0 spiro atoms. The molecule has 3 atom stereocenters. The molecule has 2 amide bonds. The number of cyclic esters (lactones) is 1. The molecular weight excluding hydrogens is 664 g/mol. The van der Waals surface area contributed by atoms with Crippen molar-refractivity contribution in [3.63, 3.8) is 0 Å². The van der Waals surface area contributed by atoms with Gasteiger partial charge >= 0.3 is 18.0 Å². The molecule has 0 fully saturated rings. The van der Waals surface area contributed by atoms with E-state index in [0.29, 0.717) is 45.9 Å². The summed E-state index contributed by atoms with van der Waals surface area (Å²) in [6.45, 7) is 0.154. The first-order valence-corrected chi connectivity index (χ1v) is 17.0. The predicted molar refractivity (Wildman–Crippen MR) is 183 cm³/mol. The van der Waals surface area contributed by atoms with Crippen molar-refractivity contribution >= 4 is 35.3 Å². The van der Waals surface area contributed by atoms with Gasteiger partial charge < -0.3 is 24.0 Å². The molecule has 11 nitrogen and oxygen atoms in total. The van der Waals surface area contributed by atoms with Crippen LogP contribution in [0.2, 0.25) is 0 Å². The van der Waals surface area contributed by atoms with Gasteiger partial charge in [0.25, 0.3) is 5.91 Å². The van der Waals surface area contributed by atoms with Crippen molar-refractivity contribution in [2.24, 2.45) is 0 Å². The quantitative estimate of drug-likeness (QED) is 0.112. The predicted octanol–water partition coefficient (Wildman–Crippen LogP) is 6.90. The third kappa shape index (κ3) is 4.62. The Morgan fingerprint density at radius 2 is 1.27 bits per heavy atom. The minimum atomic E-state index is -1.02. The molecule has 3 unspecified atom stereocenters. The van der Waals surface area contributed by atoms with Crippen LogP contribution < -0.4 is 24.6 Å². The van der Waals surface area contributed by atoms with Crippen LogP contribution in [-0.2, 0) is 40.2 Å². The Balaban J connectivity index is 1.27. The van der Waals surface area contributed by atoms with Crippen LogP contribution in [0.15, 0.2) is 97.1 Å². The van der Waals surface area contributed by atoms with E-state index in [-0.39, 0.29) is 42.3 Å². The summed E-state index contributed by atoms with van der Waals surface area (Å²) in [6, 6.07) is 29.1. The monoisotopic (exact) mass is 691 g/mol. The number of amides is 2. The lowest BCUT2D eigenvalue weighted by molar-refractivity contribution is -0.257. The number of carbonyl (C=O) groups excluding carboxylic acids is 4. The number of esters is 2. The normalized spacial score (nSPS) is 21.0. The van der Waals surface area contributed by atoms with Gasteiger partial charge in [-0.3, -0.25) is 9.59 Å². The summed E-state index contributed by atoms with van der Waals surface area (Å²) in [6.07, 6.45) is -2.12. The smallest absolute Gasteiger partial charge is 0.439 e. The van der Waals surface area contributed by atoms with E-state index in [2.05, 4.69) is 5.32 Å². The van der Waals surface area contributed by atoms with Gasteiger partial charge in [0.1, 0.15) is 23.6 Å². The molecule has 52 heavy (non-hydrogen) atoms. The first-order chi connectivity index (χ1) is 25.4. The van der Waals surface area contributed by atoms with E-state index < -0.39 is 36.2 Å². The largest absolute Gasteiger partial charge is 0.453 e.